The summed E-state index contributed by atoms with van der Waals surface area (Å²) >= 11 is 0. The fraction of sp³-hybridized carbons (Fsp3) is 0.824. The van der Waals surface area contributed by atoms with E-state index < -0.39 is 10.0 Å². The zero-order valence-electron chi connectivity index (χ0n) is 15.6. The van der Waals surface area contributed by atoms with Gasteiger partial charge in [0, 0.05) is 40.5 Å². The van der Waals surface area contributed by atoms with Crippen molar-refractivity contribution in [1.29, 1.82) is 0 Å². The molecule has 0 N–H and O–H groups in total. The number of methoxy groups -OCH3 is 1. The summed E-state index contributed by atoms with van der Waals surface area (Å²) in [7, 11) is -0.0179. The second kappa shape index (κ2) is 6.98. The van der Waals surface area contributed by atoms with Crippen LogP contribution in [-0.2, 0) is 26.5 Å². The number of aromatic nitrogens is 2. The molecule has 1 aromatic rings. The average Bonchev–Trinajstić information content (AvgIpc) is 3.06. The lowest BCUT2D eigenvalue weighted by Gasteiger charge is -2.41. The topological polar surface area (TPSA) is 73.7 Å². The highest BCUT2D eigenvalue weighted by Gasteiger charge is 2.47. The van der Waals surface area contributed by atoms with Gasteiger partial charge in [0.1, 0.15) is 4.90 Å². The zero-order chi connectivity index (χ0) is 18.2. The molecule has 142 valence electrons. The minimum Gasteiger partial charge on any atom is -0.385 e. The molecule has 0 bridgehead atoms. The first kappa shape index (κ1) is 18.8. The van der Waals surface area contributed by atoms with Crippen LogP contribution in [0.15, 0.2) is 4.90 Å². The number of aryl methyl sites for hydroxylation is 2. The molecule has 0 unspecified atom stereocenters. The van der Waals surface area contributed by atoms with E-state index in [1.165, 1.54) is 0 Å². The normalized spacial score (nSPS) is 24.2. The van der Waals surface area contributed by atoms with E-state index >= 15 is 0 Å². The van der Waals surface area contributed by atoms with Crippen molar-refractivity contribution in [2.75, 3.05) is 33.4 Å². The Morgan fingerprint density at radius 3 is 2.56 bits per heavy atom. The molecule has 2 aliphatic rings. The maximum atomic E-state index is 13.1. The molecule has 0 aliphatic carbocycles. The maximum absolute atomic E-state index is 13.1. The number of sulfonamides is 1. The van der Waals surface area contributed by atoms with Crippen LogP contribution < -0.4 is 0 Å². The Kier molecular flexibility index (Phi) is 5.26. The smallest absolute Gasteiger partial charge is 0.246 e. The molecule has 0 radical (unpaired) electrons. The van der Waals surface area contributed by atoms with Gasteiger partial charge in [-0.2, -0.15) is 9.40 Å². The Bertz CT molecular complexity index is 720. The van der Waals surface area contributed by atoms with Crippen molar-refractivity contribution in [3.8, 4) is 0 Å². The van der Waals surface area contributed by atoms with Gasteiger partial charge in [0.15, 0.2) is 0 Å². The predicted octanol–water partition coefficient (Wildman–Crippen LogP) is 1.63. The molecule has 0 aromatic carbocycles. The Hall–Kier alpha value is -0.960. The third-order valence-corrected chi connectivity index (χ3v) is 8.03. The number of piperidine rings is 1. The molecule has 8 heteroatoms. The quantitative estimate of drug-likeness (QED) is 0.787. The average molecular weight is 372 g/mol. The number of hydrogen-bond donors (Lipinski definition) is 0. The highest BCUT2D eigenvalue weighted by atomic mass is 32.2. The van der Waals surface area contributed by atoms with Crippen molar-refractivity contribution in [2.24, 2.45) is 13.0 Å². The second-order valence-corrected chi connectivity index (χ2v) is 9.08. The van der Waals surface area contributed by atoms with E-state index in [0.717, 1.165) is 38.9 Å². The van der Waals surface area contributed by atoms with Crippen LogP contribution in [0.1, 0.15) is 37.1 Å². The van der Waals surface area contributed by atoms with E-state index in [1.54, 1.807) is 37.0 Å². The monoisotopic (exact) mass is 371 g/mol. The molecular formula is C17H29N3O4S. The molecule has 2 aliphatic heterocycles. The van der Waals surface area contributed by atoms with Gasteiger partial charge in [-0.25, -0.2) is 8.42 Å². The lowest BCUT2D eigenvalue weighted by Crippen LogP contribution is -2.49. The minimum atomic E-state index is -3.51. The van der Waals surface area contributed by atoms with Crippen molar-refractivity contribution in [3.63, 3.8) is 0 Å². The van der Waals surface area contributed by atoms with Crippen LogP contribution in [0, 0.1) is 19.8 Å². The largest absolute Gasteiger partial charge is 0.385 e. The van der Waals surface area contributed by atoms with Crippen molar-refractivity contribution in [2.45, 2.75) is 50.0 Å². The highest BCUT2D eigenvalue weighted by Crippen LogP contribution is 2.43. The van der Waals surface area contributed by atoms with Crippen LogP contribution in [0.5, 0.6) is 0 Å². The van der Waals surface area contributed by atoms with Crippen molar-refractivity contribution < 1.29 is 17.9 Å². The first-order valence-corrected chi connectivity index (χ1v) is 10.4. The number of ether oxygens (including phenoxy) is 2. The summed E-state index contributed by atoms with van der Waals surface area (Å²) in [5.41, 5.74) is 1.08. The summed E-state index contributed by atoms with van der Waals surface area (Å²) in [5.74, 6) is 0.458. The predicted molar refractivity (Wildman–Crippen MR) is 94.0 cm³/mol. The van der Waals surface area contributed by atoms with Gasteiger partial charge in [-0.1, -0.05) is 0 Å². The van der Waals surface area contributed by atoms with E-state index in [1.807, 2.05) is 0 Å². The molecule has 1 aromatic heterocycles. The molecule has 1 atom stereocenters. The van der Waals surface area contributed by atoms with Crippen LogP contribution in [-0.4, -0.2) is 61.5 Å². The van der Waals surface area contributed by atoms with E-state index in [0.29, 0.717) is 35.3 Å². The summed E-state index contributed by atoms with van der Waals surface area (Å²) < 4.78 is 40.8. The Morgan fingerprint density at radius 1 is 1.32 bits per heavy atom. The van der Waals surface area contributed by atoms with Crippen LogP contribution in [0.4, 0.5) is 0 Å². The minimum absolute atomic E-state index is 0.177. The summed E-state index contributed by atoms with van der Waals surface area (Å²) in [4.78, 5) is 0.356. The molecule has 3 rings (SSSR count). The Labute approximate surface area is 150 Å². The highest BCUT2D eigenvalue weighted by molar-refractivity contribution is 7.89. The summed E-state index contributed by atoms with van der Waals surface area (Å²) in [6.45, 7) is 6.05. The van der Waals surface area contributed by atoms with Crippen LogP contribution in [0.25, 0.3) is 0 Å². The molecule has 3 heterocycles. The van der Waals surface area contributed by atoms with Gasteiger partial charge in [-0.05, 0) is 45.4 Å². The van der Waals surface area contributed by atoms with Crippen molar-refractivity contribution in [3.05, 3.63) is 11.4 Å². The Balaban J connectivity index is 1.75. The van der Waals surface area contributed by atoms with Gasteiger partial charge in [0.25, 0.3) is 0 Å². The van der Waals surface area contributed by atoms with Gasteiger partial charge >= 0.3 is 0 Å². The zero-order valence-corrected chi connectivity index (χ0v) is 16.4. The van der Waals surface area contributed by atoms with Crippen molar-refractivity contribution >= 4 is 10.0 Å². The summed E-state index contributed by atoms with van der Waals surface area (Å²) in [6.07, 6.45) is 3.51. The van der Waals surface area contributed by atoms with E-state index in [-0.39, 0.29) is 5.60 Å². The molecule has 25 heavy (non-hydrogen) atoms. The second-order valence-electron chi connectivity index (χ2n) is 7.21. The number of hydrogen-bond acceptors (Lipinski definition) is 5. The first-order chi connectivity index (χ1) is 11.8. The standard InChI is InChI=1S/C17H29N3O4S/c1-13-16(14(2)19(3)18-13)25(21,22)20-9-7-17(8-10-20)15(5-11-23-4)6-12-24-17/h15H,5-12H2,1-4H3/t15-/m1/s1. The molecular weight excluding hydrogens is 342 g/mol. The van der Waals surface area contributed by atoms with Gasteiger partial charge in [-0.15, -0.1) is 0 Å². The fourth-order valence-corrected chi connectivity index (χ4v) is 6.21. The number of rotatable bonds is 5. The molecule has 7 nitrogen and oxygen atoms in total. The molecule has 2 fully saturated rings. The molecule has 0 amide bonds. The van der Waals surface area contributed by atoms with Crippen molar-refractivity contribution in [1.82, 2.24) is 14.1 Å². The van der Waals surface area contributed by atoms with Crippen LogP contribution in [0.2, 0.25) is 0 Å². The van der Waals surface area contributed by atoms with E-state index in [2.05, 4.69) is 5.10 Å². The molecule has 0 saturated carbocycles. The lowest BCUT2D eigenvalue weighted by molar-refractivity contribution is -0.0603. The summed E-state index contributed by atoms with van der Waals surface area (Å²) in [5, 5.41) is 4.26. The van der Waals surface area contributed by atoms with Gasteiger partial charge in [-0.3, -0.25) is 4.68 Å². The van der Waals surface area contributed by atoms with E-state index in [4.69, 9.17) is 9.47 Å². The van der Waals surface area contributed by atoms with Gasteiger partial charge in [0.2, 0.25) is 10.0 Å². The van der Waals surface area contributed by atoms with Gasteiger partial charge in [0.05, 0.1) is 17.0 Å². The molecule has 1 spiro atoms. The summed E-state index contributed by atoms with van der Waals surface area (Å²) in [6, 6.07) is 0. The Morgan fingerprint density at radius 2 is 2.00 bits per heavy atom. The molecule has 2 saturated heterocycles. The third kappa shape index (κ3) is 3.25. The van der Waals surface area contributed by atoms with Crippen LogP contribution in [0.3, 0.4) is 0 Å². The van der Waals surface area contributed by atoms with Gasteiger partial charge < -0.3 is 9.47 Å². The lowest BCUT2D eigenvalue weighted by atomic mass is 9.78. The third-order valence-electron chi connectivity index (χ3n) is 5.88. The van der Waals surface area contributed by atoms with Crippen LogP contribution >= 0.6 is 0 Å². The fourth-order valence-electron chi connectivity index (χ4n) is 4.37. The SMILES string of the molecule is COCC[C@@H]1CCOC12CCN(S(=O)(=O)c1c(C)nn(C)c1C)CC2. The number of nitrogens with zero attached hydrogens (tertiary/aromatic N) is 3. The van der Waals surface area contributed by atoms with E-state index in [9.17, 15) is 8.42 Å². The first-order valence-electron chi connectivity index (χ1n) is 8.95. The maximum Gasteiger partial charge on any atom is 0.246 e.